The predicted molar refractivity (Wildman–Crippen MR) is 130 cm³/mol. The third kappa shape index (κ3) is 3.82. The van der Waals surface area contributed by atoms with Crippen LogP contribution in [0.2, 0.25) is 0 Å². The predicted octanol–water partition coefficient (Wildman–Crippen LogP) is 3.51. The number of hydrogen-bond acceptors (Lipinski definition) is 4. The van der Waals surface area contributed by atoms with Gasteiger partial charge in [-0.1, -0.05) is 30.3 Å². The number of likely N-dealkylation sites (N-methyl/N-ethyl adjacent to an activating group) is 1. The lowest BCUT2D eigenvalue weighted by Crippen LogP contribution is -2.44. The van der Waals surface area contributed by atoms with Crippen molar-refractivity contribution in [1.29, 1.82) is 0 Å². The average molecular weight is 428 g/mol. The van der Waals surface area contributed by atoms with Gasteiger partial charge in [-0.05, 0) is 43.8 Å². The molecular formula is C26H29N5O. The standard InChI is InChI=1S/C26H29N5O/c1-19-15-21(18-29(3)26(19)32)25-27-23-10-9-22(30-13-11-28(2)12-14-30)16-24(23)31(25)17-20-7-5-4-6-8-20/h4-10,15-16,18H,11-14,17H2,1-3H3. The summed E-state index contributed by atoms with van der Waals surface area (Å²) in [6.07, 6.45) is 1.89. The molecule has 1 saturated heterocycles. The number of anilines is 1. The zero-order valence-corrected chi connectivity index (χ0v) is 19.0. The van der Waals surface area contributed by atoms with Crippen LogP contribution in [0.5, 0.6) is 0 Å². The van der Waals surface area contributed by atoms with Crippen molar-refractivity contribution in [2.24, 2.45) is 7.05 Å². The first kappa shape index (κ1) is 20.5. The molecule has 1 aliphatic rings. The van der Waals surface area contributed by atoms with E-state index in [1.165, 1.54) is 11.3 Å². The van der Waals surface area contributed by atoms with Crippen molar-refractivity contribution in [3.05, 3.63) is 82.3 Å². The Morgan fingerprint density at radius 1 is 0.938 bits per heavy atom. The van der Waals surface area contributed by atoms with E-state index in [-0.39, 0.29) is 5.56 Å². The number of rotatable bonds is 4. The number of aryl methyl sites for hydroxylation is 2. The Hall–Kier alpha value is -3.38. The molecule has 5 rings (SSSR count). The van der Waals surface area contributed by atoms with Gasteiger partial charge in [0, 0.05) is 62.8 Å². The fraction of sp³-hybridized carbons (Fsp3) is 0.308. The normalized spacial score (nSPS) is 14.9. The van der Waals surface area contributed by atoms with E-state index in [0.717, 1.165) is 60.7 Å². The van der Waals surface area contributed by atoms with E-state index in [1.54, 1.807) is 11.6 Å². The molecule has 3 heterocycles. The maximum Gasteiger partial charge on any atom is 0.253 e. The van der Waals surface area contributed by atoms with E-state index in [1.807, 2.05) is 25.3 Å². The highest BCUT2D eigenvalue weighted by molar-refractivity contribution is 5.84. The molecule has 6 nitrogen and oxygen atoms in total. The highest BCUT2D eigenvalue weighted by atomic mass is 16.1. The molecule has 0 N–H and O–H groups in total. The van der Waals surface area contributed by atoms with Crippen LogP contribution >= 0.6 is 0 Å². The summed E-state index contributed by atoms with van der Waals surface area (Å²) in [5.41, 5.74) is 6.26. The molecule has 0 saturated carbocycles. The van der Waals surface area contributed by atoms with Crippen molar-refractivity contribution in [2.75, 3.05) is 38.1 Å². The summed E-state index contributed by atoms with van der Waals surface area (Å²) in [6, 6.07) is 19.0. The number of hydrogen-bond donors (Lipinski definition) is 0. The molecule has 0 unspecified atom stereocenters. The van der Waals surface area contributed by atoms with Crippen molar-refractivity contribution in [3.63, 3.8) is 0 Å². The number of pyridine rings is 1. The van der Waals surface area contributed by atoms with Crippen LogP contribution in [0, 0.1) is 6.92 Å². The Labute approximate surface area is 188 Å². The van der Waals surface area contributed by atoms with Gasteiger partial charge in [-0.15, -0.1) is 0 Å². The van der Waals surface area contributed by atoms with Crippen LogP contribution < -0.4 is 10.5 Å². The topological polar surface area (TPSA) is 46.3 Å². The summed E-state index contributed by atoms with van der Waals surface area (Å²) in [5, 5.41) is 0. The Bertz CT molecular complexity index is 1290. The van der Waals surface area contributed by atoms with Crippen LogP contribution in [0.25, 0.3) is 22.4 Å². The fourth-order valence-corrected chi connectivity index (χ4v) is 4.52. The van der Waals surface area contributed by atoms with Gasteiger partial charge in [0.1, 0.15) is 5.82 Å². The van der Waals surface area contributed by atoms with Crippen molar-refractivity contribution >= 4 is 16.7 Å². The first-order valence-electron chi connectivity index (χ1n) is 11.1. The highest BCUT2D eigenvalue weighted by Gasteiger charge is 2.18. The smallest absolute Gasteiger partial charge is 0.253 e. The average Bonchev–Trinajstić information content (AvgIpc) is 3.16. The zero-order chi connectivity index (χ0) is 22.2. The van der Waals surface area contributed by atoms with Gasteiger partial charge < -0.3 is 18.9 Å². The Morgan fingerprint density at radius 2 is 1.69 bits per heavy atom. The highest BCUT2D eigenvalue weighted by Crippen LogP contribution is 2.29. The molecule has 0 bridgehead atoms. The van der Waals surface area contributed by atoms with Crippen molar-refractivity contribution in [3.8, 4) is 11.4 Å². The van der Waals surface area contributed by atoms with Gasteiger partial charge in [-0.3, -0.25) is 4.79 Å². The minimum atomic E-state index is 0.0248. The summed E-state index contributed by atoms with van der Waals surface area (Å²) in [7, 11) is 3.98. The van der Waals surface area contributed by atoms with Gasteiger partial charge in [0.05, 0.1) is 11.0 Å². The number of aromatic nitrogens is 3. The minimum Gasteiger partial charge on any atom is -0.369 e. The number of benzene rings is 2. The van der Waals surface area contributed by atoms with Gasteiger partial charge in [-0.25, -0.2) is 4.98 Å². The molecule has 2 aromatic heterocycles. The second-order valence-electron chi connectivity index (χ2n) is 8.80. The van der Waals surface area contributed by atoms with Crippen LogP contribution in [0.3, 0.4) is 0 Å². The van der Waals surface area contributed by atoms with E-state index in [4.69, 9.17) is 4.98 Å². The maximum absolute atomic E-state index is 12.3. The molecule has 0 amide bonds. The first-order chi connectivity index (χ1) is 15.5. The lowest BCUT2D eigenvalue weighted by atomic mass is 10.2. The Morgan fingerprint density at radius 3 is 2.41 bits per heavy atom. The Kier molecular flexibility index (Phi) is 5.31. The second-order valence-corrected chi connectivity index (χ2v) is 8.80. The van der Waals surface area contributed by atoms with Gasteiger partial charge in [-0.2, -0.15) is 0 Å². The van der Waals surface area contributed by atoms with E-state index in [9.17, 15) is 4.79 Å². The molecular weight excluding hydrogens is 398 g/mol. The molecule has 0 spiro atoms. The summed E-state index contributed by atoms with van der Waals surface area (Å²) >= 11 is 0. The van der Waals surface area contributed by atoms with E-state index < -0.39 is 0 Å². The first-order valence-corrected chi connectivity index (χ1v) is 11.1. The third-order valence-corrected chi connectivity index (χ3v) is 6.40. The summed E-state index contributed by atoms with van der Waals surface area (Å²) in [5.74, 6) is 0.887. The molecule has 1 aliphatic heterocycles. The van der Waals surface area contributed by atoms with Crippen LogP contribution in [-0.2, 0) is 13.6 Å². The number of piperazine rings is 1. The number of nitrogens with zero attached hydrogens (tertiary/aromatic N) is 5. The van der Waals surface area contributed by atoms with Gasteiger partial charge in [0.25, 0.3) is 5.56 Å². The van der Waals surface area contributed by atoms with Gasteiger partial charge >= 0.3 is 0 Å². The van der Waals surface area contributed by atoms with Gasteiger partial charge in [0.15, 0.2) is 0 Å². The molecule has 2 aromatic carbocycles. The van der Waals surface area contributed by atoms with Gasteiger partial charge in [0.2, 0.25) is 0 Å². The zero-order valence-electron chi connectivity index (χ0n) is 19.0. The number of imidazole rings is 1. The van der Waals surface area contributed by atoms with E-state index in [0.29, 0.717) is 0 Å². The molecule has 1 fully saturated rings. The fourth-order valence-electron chi connectivity index (χ4n) is 4.52. The monoisotopic (exact) mass is 427 g/mol. The van der Waals surface area contributed by atoms with Crippen molar-refractivity contribution in [2.45, 2.75) is 13.5 Å². The second kappa shape index (κ2) is 8.28. The van der Waals surface area contributed by atoms with Crippen molar-refractivity contribution < 1.29 is 0 Å². The molecule has 6 heteroatoms. The lowest BCUT2D eigenvalue weighted by molar-refractivity contribution is 0.313. The summed E-state index contributed by atoms with van der Waals surface area (Å²) in [4.78, 5) is 22.1. The van der Waals surface area contributed by atoms with E-state index >= 15 is 0 Å². The summed E-state index contributed by atoms with van der Waals surface area (Å²) in [6.45, 7) is 6.79. The maximum atomic E-state index is 12.3. The number of fused-ring (bicyclic) bond motifs is 1. The van der Waals surface area contributed by atoms with Crippen LogP contribution in [-0.4, -0.2) is 52.2 Å². The summed E-state index contributed by atoms with van der Waals surface area (Å²) < 4.78 is 3.93. The third-order valence-electron chi connectivity index (χ3n) is 6.40. The molecule has 0 atom stereocenters. The lowest BCUT2D eigenvalue weighted by Gasteiger charge is -2.34. The molecule has 164 valence electrons. The SMILES string of the molecule is Cc1cc(-c2nc3ccc(N4CCN(C)CC4)cc3n2Cc2ccccc2)cn(C)c1=O. The van der Waals surface area contributed by atoms with E-state index in [2.05, 4.69) is 63.9 Å². The van der Waals surface area contributed by atoms with Crippen LogP contribution in [0.1, 0.15) is 11.1 Å². The van der Waals surface area contributed by atoms with Crippen LogP contribution in [0.15, 0.2) is 65.6 Å². The molecule has 0 aliphatic carbocycles. The van der Waals surface area contributed by atoms with Crippen molar-refractivity contribution in [1.82, 2.24) is 19.0 Å². The molecule has 32 heavy (non-hydrogen) atoms. The minimum absolute atomic E-state index is 0.0248. The molecule has 0 radical (unpaired) electrons. The quantitative estimate of drug-likeness (QED) is 0.500. The Balaban J connectivity index is 1.65. The van der Waals surface area contributed by atoms with Crippen LogP contribution in [0.4, 0.5) is 5.69 Å². The molecule has 4 aromatic rings. The largest absolute Gasteiger partial charge is 0.369 e.